The number of nitrogens with zero attached hydrogens (tertiary/aromatic N) is 3. The summed E-state index contributed by atoms with van der Waals surface area (Å²) in [4.78, 5) is 4.49. The average molecular weight is 228 g/mol. The van der Waals surface area contributed by atoms with E-state index in [1.807, 2.05) is 20.9 Å². The minimum absolute atomic E-state index is 0.129. The summed E-state index contributed by atoms with van der Waals surface area (Å²) in [6.45, 7) is 4.54. The van der Waals surface area contributed by atoms with Crippen molar-refractivity contribution in [2.45, 2.75) is 26.4 Å². The third-order valence-corrected chi connectivity index (χ3v) is 2.97. The van der Waals surface area contributed by atoms with Gasteiger partial charge in [-0.15, -0.1) is 0 Å². The number of aromatic nitrogens is 2. The lowest BCUT2D eigenvalue weighted by molar-refractivity contribution is 0.642. The minimum atomic E-state index is -0.129. The zero-order valence-electron chi connectivity index (χ0n) is 10.4. The molecular formula is C13H16N4. The van der Waals surface area contributed by atoms with Crippen molar-refractivity contribution in [3.05, 3.63) is 29.6 Å². The Hall–Kier alpha value is -1.86. The topological polar surface area (TPSA) is 53.6 Å². The average Bonchev–Trinajstić information content (AvgIpc) is 2.62. The van der Waals surface area contributed by atoms with Crippen LogP contribution in [0.3, 0.4) is 0 Å². The lowest BCUT2D eigenvalue weighted by Crippen LogP contribution is -2.23. The van der Waals surface area contributed by atoms with Crippen molar-refractivity contribution in [1.29, 1.82) is 5.26 Å². The normalized spacial score (nSPS) is 12.6. The van der Waals surface area contributed by atoms with Crippen LogP contribution in [0.4, 0.5) is 0 Å². The highest BCUT2D eigenvalue weighted by molar-refractivity contribution is 5.76. The summed E-state index contributed by atoms with van der Waals surface area (Å²) < 4.78 is 2.07. The van der Waals surface area contributed by atoms with Gasteiger partial charge in [0.15, 0.2) is 0 Å². The summed E-state index contributed by atoms with van der Waals surface area (Å²) in [5.41, 5.74) is 3.30. The van der Waals surface area contributed by atoms with Crippen LogP contribution in [0.1, 0.15) is 18.3 Å². The Kier molecular flexibility index (Phi) is 3.12. The molecule has 0 aliphatic carbocycles. The van der Waals surface area contributed by atoms with Crippen LogP contribution in [0.15, 0.2) is 18.2 Å². The fourth-order valence-corrected chi connectivity index (χ4v) is 1.79. The fraction of sp³-hybridized carbons (Fsp3) is 0.385. The molecule has 0 saturated carbocycles. The SMILES string of the molecule is Cc1nc2cc(CNC(C)C#N)ccc2n1C. The van der Waals surface area contributed by atoms with Crippen LogP contribution >= 0.6 is 0 Å². The molecule has 2 aromatic rings. The molecule has 0 spiro atoms. The van der Waals surface area contributed by atoms with Gasteiger partial charge in [-0.2, -0.15) is 5.26 Å². The number of fused-ring (bicyclic) bond motifs is 1. The molecule has 1 atom stereocenters. The molecule has 1 unspecified atom stereocenters. The molecule has 0 bridgehead atoms. The molecule has 1 aromatic heterocycles. The predicted molar refractivity (Wildman–Crippen MR) is 67.4 cm³/mol. The second-order valence-corrected chi connectivity index (χ2v) is 4.27. The molecule has 1 N–H and O–H groups in total. The van der Waals surface area contributed by atoms with E-state index in [2.05, 4.69) is 39.1 Å². The third-order valence-electron chi connectivity index (χ3n) is 2.97. The lowest BCUT2D eigenvalue weighted by Gasteiger charge is -2.06. The van der Waals surface area contributed by atoms with E-state index in [0.717, 1.165) is 22.4 Å². The van der Waals surface area contributed by atoms with Gasteiger partial charge in [0, 0.05) is 13.6 Å². The van der Waals surface area contributed by atoms with Gasteiger partial charge in [0.25, 0.3) is 0 Å². The number of nitrogens with one attached hydrogen (secondary N) is 1. The maximum Gasteiger partial charge on any atom is 0.106 e. The number of rotatable bonds is 3. The monoisotopic (exact) mass is 228 g/mol. The summed E-state index contributed by atoms with van der Waals surface area (Å²) in [6, 6.07) is 8.24. The van der Waals surface area contributed by atoms with E-state index in [9.17, 15) is 0 Å². The van der Waals surface area contributed by atoms with Crippen molar-refractivity contribution in [3.63, 3.8) is 0 Å². The molecule has 0 aliphatic heterocycles. The van der Waals surface area contributed by atoms with Gasteiger partial charge in [0.05, 0.1) is 23.1 Å². The van der Waals surface area contributed by atoms with Crippen molar-refractivity contribution in [3.8, 4) is 6.07 Å². The van der Waals surface area contributed by atoms with Gasteiger partial charge in [0.2, 0.25) is 0 Å². The molecule has 17 heavy (non-hydrogen) atoms. The zero-order chi connectivity index (χ0) is 12.4. The molecule has 0 fully saturated rings. The van der Waals surface area contributed by atoms with Crippen LogP contribution in [0.2, 0.25) is 0 Å². The first-order valence-electron chi connectivity index (χ1n) is 5.67. The number of aryl methyl sites for hydroxylation is 2. The van der Waals surface area contributed by atoms with Crippen LogP contribution in [-0.2, 0) is 13.6 Å². The second-order valence-electron chi connectivity index (χ2n) is 4.27. The predicted octanol–water partition coefficient (Wildman–Crippen LogP) is 1.88. The second kappa shape index (κ2) is 4.56. The van der Waals surface area contributed by atoms with Crippen molar-refractivity contribution in [2.24, 2.45) is 7.05 Å². The Morgan fingerprint density at radius 3 is 3.00 bits per heavy atom. The Labute approximate surface area is 101 Å². The Morgan fingerprint density at radius 2 is 2.29 bits per heavy atom. The van der Waals surface area contributed by atoms with Crippen LogP contribution in [0.5, 0.6) is 0 Å². The first-order chi connectivity index (χ1) is 8.11. The molecule has 4 heteroatoms. The molecule has 4 nitrogen and oxygen atoms in total. The molecule has 0 saturated heterocycles. The molecule has 88 valence electrons. The van der Waals surface area contributed by atoms with Gasteiger partial charge in [0.1, 0.15) is 5.82 Å². The highest BCUT2D eigenvalue weighted by atomic mass is 15.0. The summed E-state index contributed by atoms with van der Waals surface area (Å²) >= 11 is 0. The summed E-state index contributed by atoms with van der Waals surface area (Å²) in [5.74, 6) is 1.01. The van der Waals surface area contributed by atoms with Crippen LogP contribution < -0.4 is 5.32 Å². The van der Waals surface area contributed by atoms with Gasteiger partial charge in [-0.25, -0.2) is 4.98 Å². The smallest absolute Gasteiger partial charge is 0.106 e. The maximum atomic E-state index is 8.70. The highest BCUT2D eigenvalue weighted by Crippen LogP contribution is 2.16. The van der Waals surface area contributed by atoms with Crippen molar-refractivity contribution in [2.75, 3.05) is 0 Å². The summed E-state index contributed by atoms with van der Waals surface area (Å²) in [5, 5.41) is 11.8. The van der Waals surface area contributed by atoms with Gasteiger partial charge in [-0.05, 0) is 31.5 Å². The molecule has 0 amide bonds. The molecule has 1 heterocycles. The Morgan fingerprint density at radius 1 is 1.53 bits per heavy atom. The van der Waals surface area contributed by atoms with Gasteiger partial charge in [-0.1, -0.05) is 6.07 Å². The fourth-order valence-electron chi connectivity index (χ4n) is 1.79. The number of benzene rings is 1. The summed E-state index contributed by atoms with van der Waals surface area (Å²) in [6.07, 6.45) is 0. The first-order valence-corrected chi connectivity index (χ1v) is 5.67. The standard InChI is InChI=1S/C13H16N4/c1-9(7-14)15-8-11-4-5-13-12(6-11)16-10(2)17(13)3/h4-6,9,15H,8H2,1-3H3. The highest BCUT2D eigenvalue weighted by Gasteiger charge is 2.05. The lowest BCUT2D eigenvalue weighted by atomic mass is 10.2. The van der Waals surface area contributed by atoms with Crippen LogP contribution in [0.25, 0.3) is 11.0 Å². The van der Waals surface area contributed by atoms with Gasteiger partial charge in [-0.3, -0.25) is 5.32 Å². The van der Waals surface area contributed by atoms with Gasteiger partial charge < -0.3 is 4.57 Å². The molecule has 0 radical (unpaired) electrons. The van der Waals surface area contributed by atoms with Crippen molar-refractivity contribution >= 4 is 11.0 Å². The number of nitriles is 1. The van der Waals surface area contributed by atoms with Gasteiger partial charge >= 0.3 is 0 Å². The van der Waals surface area contributed by atoms with Crippen molar-refractivity contribution < 1.29 is 0 Å². The van der Waals surface area contributed by atoms with E-state index in [-0.39, 0.29) is 6.04 Å². The van der Waals surface area contributed by atoms with E-state index < -0.39 is 0 Å². The van der Waals surface area contributed by atoms with E-state index in [0.29, 0.717) is 6.54 Å². The van der Waals surface area contributed by atoms with Crippen LogP contribution in [0, 0.1) is 18.3 Å². The van der Waals surface area contributed by atoms with Crippen molar-refractivity contribution in [1.82, 2.24) is 14.9 Å². The summed E-state index contributed by atoms with van der Waals surface area (Å²) in [7, 11) is 2.01. The molecule has 2 rings (SSSR count). The largest absolute Gasteiger partial charge is 0.331 e. The minimum Gasteiger partial charge on any atom is -0.331 e. The van der Waals surface area contributed by atoms with E-state index in [1.165, 1.54) is 0 Å². The molecular weight excluding hydrogens is 212 g/mol. The number of hydrogen-bond acceptors (Lipinski definition) is 3. The zero-order valence-corrected chi connectivity index (χ0v) is 10.4. The van der Waals surface area contributed by atoms with E-state index in [4.69, 9.17) is 5.26 Å². The quantitative estimate of drug-likeness (QED) is 0.872. The Balaban J connectivity index is 2.24. The van der Waals surface area contributed by atoms with E-state index in [1.54, 1.807) is 0 Å². The number of hydrogen-bond donors (Lipinski definition) is 1. The third kappa shape index (κ3) is 2.29. The number of imidazole rings is 1. The van der Waals surface area contributed by atoms with E-state index >= 15 is 0 Å². The molecule has 0 aliphatic rings. The first kappa shape index (κ1) is 11.6. The molecule has 1 aromatic carbocycles. The maximum absolute atomic E-state index is 8.70. The van der Waals surface area contributed by atoms with Crippen LogP contribution in [-0.4, -0.2) is 15.6 Å². The Bertz CT molecular complexity index is 577.